The van der Waals surface area contributed by atoms with Crippen molar-refractivity contribution in [2.75, 3.05) is 20.1 Å². The van der Waals surface area contributed by atoms with E-state index in [9.17, 15) is 4.79 Å². The Morgan fingerprint density at radius 3 is 2.50 bits per heavy atom. The number of amides is 1. The lowest BCUT2D eigenvalue weighted by Crippen LogP contribution is -2.47. The number of hydrogen-bond donors (Lipinski definition) is 0. The average molecular weight is 296 g/mol. The van der Waals surface area contributed by atoms with Crippen LogP contribution < -0.4 is 0 Å². The van der Waals surface area contributed by atoms with E-state index in [-0.39, 0.29) is 5.91 Å². The predicted octanol–water partition coefficient (Wildman–Crippen LogP) is 2.38. The van der Waals surface area contributed by atoms with E-state index < -0.39 is 0 Å². The molecule has 4 nitrogen and oxygen atoms in total. The second-order valence-electron chi connectivity index (χ2n) is 6.05. The number of carbonyl (C=O) groups is 1. The van der Waals surface area contributed by atoms with Gasteiger partial charge in [-0.05, 0) is 45.3 Å². The van der Waals surface area contributed by atoms with Crippen molar-refractivity contribution in [1.82, 2.24) is 14.4 Å². The summed E-state index contributed by atoms with van der Waals surface area (Å²) in [7, 11) is 4.06. The zero-order valence-electron chi connectivity index (χ0n) is 12.2. The van der Waals surface area contributed by atoms with Crippen LogP contribution in [-0.4, -0.2) is 52.5 Å². The molecule has 2 aliphatic rings. The van der Waals surface area contributed by atoms with Gasteiger partial charge in [0.15, 0.2) is 0 Å². The zero-order chi connectivity index (χ0) is 14.3. The fourth-order valence-electron chi connectivity index (χ4n) is 3.75. The third-order valence-corrected chi connectivity index (χ3v) is 4.98. The number of rotatable bonds is 2. The molecule has 0 N–H and O–H groups in total. The summed E-state index contributed by atoms with van der Waals surface area (Å²) in [6.45, 7) is 2.02. The smallest absolute Gasteiger partial charge is 0.270 e. The molecule has 0 radical (unpaired) electrons. The minimum Gasteiger partial charge on any atom is -0.345 e. The van der Waals surface area contributed by atoms with Crippen LogP contribution in [0.2, 0.25) is 5.02 Å². The van der Waals surface area contributed by atoms with Gasteiger partial charge in [-0.1, -0.05) is 11.6 Å². The second-order valence-corrected chi connectivity index (χ2v) is 6.49. The van der Waals surface area contributed by atoms with Crippen molar-refractivity contribution in [2.24, 2.45) is 7.05 Å². The highest BCUT2D eigenvalue weighted by Gasteiger charge is 2.39. The standard InChI is InChI=1S/C15H22ClN3O/c1-17-7-3-5-12(17)13-6-4-8-19(13)15(20)14-9-11(16)10-18(14)2/h9-10,12-13H,3-8H2,1-2H3/t12-,13-/m0/s1. The largest absolute Gasteiger partial charge is 0.345 e. The van der Waals surface area contributed by atoms with Gasteiger partial charge in [-0.3, -0.25) is 4.79 Å². The monoisotopic (exact) mass is 295 g/mol. The van der Waals surface area contributed by atoms with Gasteiger partial charge < -0.3 is 14.4 Å². The van der Waals surface area contributed by atoms with Crippen LogP contribution in [0.25, 0.3) is 0 Å². The van der Waals surface area contributed by atoms with E-state index in [2.05, 4.69) is 16.8 Å². The predicted molar refractivity (Wildman–Crippen MR) is 80.1 cm³/mol. The highest BCUT2D eigenvalue weighted by atomic mass is 35.5. The minimum atomic E-state index is 0.127. The SMILES string of the molecule is CN1CCC[C@H]1[C@@H]1CCCN1C(=O)c1cc(Cl)cn1C. The number of aromatic nitrogens is 1. The molecule has 1 amide bonds. The number of nitrogens with zero attached hydrogens (tertiary/aromatic N) is 3. The third-order valence-electron chi connectivity index (χ3n) is 4.77. The molecule has 0 bridgehead atoms. The molecule has 0 spiro atoms. The maximum absolute atomic E-state index is 12.8. The molecule has 1 aromatic heterocycles. The normalized spacial score (nSPS) is 27.4. The van der Waals surface area contributed by atoms with Gasteiger partial charge >= 0.3 is 0 Å². The highest BCUT2D eigenvalue weighted by Crippen LogP contribution is 2.30. The highest BCUT2D eigenvalue weighted by molar-refractivity contribution is 6.31. The van der Waals surface area contributed by atoms with Crippen LogP contribution in [0, 0.1) is 0 Å². The van der Waals surface area contributed by atoms with Crippen LogP contribution in [-0.2, 0) is 7.05 Å². The van der Waals surface area contributed by atoms with Crippen LogP contribution in [0.1, 0.15) is 36.2 Å². The number of carbonyl (C=O) groups excluding carboxylic acids is 1. The molecule has 0 unspecified atom stereocenters. The molecule has 2 atom stereocenters. The minimum absolute atomic E-state index is 0.127. The molecule has 20 heavy (non-hydrogen) atoms. The van der Waals surface area contributed by atoms with Crippen LogP contribution >= 0.6 is 11.6 Å². The summed E-state index contributed by atoms with van der Waals surface area (Å²) < 4.78 is 1.83. The molecule has 3 heterocycles. The van der Waals surface area contributed by atoms with E-state index in [1.165, 1.54) is 12.8 Å². The molecule has 0 saturated carbocycles. The van der Waals surface area contributed by atoms with E-state index in [0.29, 0.717) is 22.8 Å². The van der Waals surface area contributed by atoms with E-state index in [1.54, 1.807) is 12.3 Å². The molecule has 110 valence electrons. The van der Waals surface area contributed by atoms with Crippen LogP contribution in [0.5, 0.6) is 0 Å². The zero-order valence-corrected chi connectivity index (χ0v) is 12.9. The first-order chi connectivity index (χ1) is 9.58. The maximum Gasteiger partial charge on any atom is 0.270 e. The summed E-state index contributed by atoms with van der Waals surface area (Å²) in [6, 6.07) is 2.67. The van der Waals surface area contributed by atoms with Gasteiger partial charge in [-0.15, -0.1) is 0 Å². The Morgan fingerprint density at radius 1 is 1.20 bits per heavy atom. The van der Waals surface area contributed by atoms with Gasteiger partial charge in [0, 0.05) is 31.9 Å². The summed E-state index contributed by atoms with van der Waals surface area (Å²) in [4.78, 5) is 17.3. The van der Waals surface area contributed by atoms with Gasteiger partial charge in [0.25, 0.3) is 5.91 Å². The number of likely N-dealkylation sites (tertiary alicyclic amines) is 2. The molecule has 1 aromatic rings. The van der Waals surface area contributed by atoms with Crippen molar-refractivity contribution < 1.29 is 4.79 Å². The Balaban J connectivity index is 1.81. The molecule has 5 heteroatoms. The van der Waals surface area contributed by atoms with E-state index in [0.717, 1.165) is 25.9 Å². The van der Waals surface area contributed by atoms with Gasteiger partial charge in [0.2, 0.25) is 0 Å². The number of hydrogen-bond acceptors (Lipinski definition) is 2. The maximum atomic E-state index is 12.8. The second kappa shape index (κ2) is 5.41. The van der Waals surface area contributed by atoms with Crippen molar-refractivity contribution >= 4 is 17.5 Å². The Bertz CT molecular complexity index is 513. The number of halogens is 1. The van der Waals surface area contributed by atoms with Crippen molar-refractivity contribution in [1.29, 1.82) is 0 Å². The molecule has 0 aliphatic carbocycles. The van der Waals surface area contributed by atoms with Crippen molar-refractivity contribution in [3.8, 4) is 0 Å². The van der Waals surface area contributed by atoms with E-state index in [4.69, 9.17) is 11.6 Å². The van der Waals surface area contributed by atoms with Crippen molar-refractivity contribution in [3.05, 3.63) is 23.0 Å². The molecule has 3 rings (SSSR count). The average Bonchev–Trinajstić information content (AvgIpc) is 3.08. The first-order valence-corrected chi connectivity index (χ1v) is 7.79. The topological polar surface area (TPSA) is 28.5 Å². The Labute approximate surface area is 125 Å². The van der Waals surface area contributed by atoms with Crippen molar-refractivity contribution in [3.63, 3.8) is 0 Å². The molecular weight excluding hydrogens is 274 g/mol. The van der Waals surface area contributed by atoms with E-state index >= 15 is 0 Å². The number of aryl methyl sites for hydroxylation is 1. The molecular formula is C15H22ClN3O. The van der Waals surface area contributed by atoms with Gasteiger partial charge in [-0.25, -0.2) is 0 Å². The van der Waals surface area contributed by atoms with E-state index in [1.807, 2.05) is 11.6 Å². The van der Waals surface area contributed by atoms with Gasteiger partial charge in [0.05, 0.1) is 5.02 Å². The molecule has 0 aromatic carbocycles. The summed E-state index contributed by atoms with van der Waals surface area (Å²) in [6.07, 6.45) is 6.48. The van der Waals surface area contributed by atoms with Crippen LogP contribution in [0.3, 0.4) is 0 Å². The lowest BCUT2D eigenvalue weighted by atomic mass is 10.0. The molecule has 2 fully saturated rings. The fourth-order valence-corrected chi connectivity index (χ4v) is 4.00. The molecule has 2 saturated heterocycles. The van der Waals surface area contributed by atoms with Crippen LogP contribution in [0.15, 0.2) is 12.3 Å². The number of likely N-dealkylation sites (N-methyl/N-ethyl adjacent to an activating group) is 1. The summed E-state index contributed by atoms with van der Waals surface area (Å²) >= 11 is 6.00. The first-order valence-electron chi connectivity index (χ1n) is 7.41. The Kier molecular flexibility index (Phi) is 3.78. The first kappa shape index (κ1) is 14.0. The summed E-state index contributed by atoms with van der Waals surface area (Å²) in [5.41, 5.74) is 0.697. The van der Waals surface area contributed by atoms with Crippen molar-refractivity contribution in [2.45, 2.75) is 37.8 Å². The van der Waals surface area contributed by atoms with Gasteiger partial charge in [-0.2, -0.15) is 0 Å². The fraction of sp³-hybridized carbons (Fsp3) is 0.667. The summed E-state index contributed by atoms with van der Waals surface area (Å²) in [5, 5.41) is 0.629. The third kappa shape index (κ3) is 2.35. The van der Waals surface area contributed by atoms with Crippen LogP contribution in [0.4, 0.5) is 0 Å². The Hall–Kier alpha value is -1.00. The molecule has 2 aliphatic heterocycles. The Morgan fingerprint density at radius 2 is 1.90 bits per heavy atom. The van der Waals surface area contributed by atoms with Gasteiger partial charge in [0.1, 0.15) is 5.69 Å². The lowest BCUT2D eigenvalue weighted by Gasteiger charge is -2.33. The summed E-state index contributed by atoms with van der Waals surface area (Å²) in [5.74, 6) is 0.127. The lowest BCUT2D eigenvalue weighted by molar-refractivity contribution is 0.0655. The quantitative estimate of drug-likeness (QED) is 0.838.